The molecule has 0 saturated carbocycles. The first-order valence-electron chi connectivity index (χ1n) is 6.65. The molecule has 0 spiro atoms. The number of nitrogens with two attached hydrogens (primary N) is 1. The Morgan fingerprint density at radius 1 is 1.64 bits per heavy atom. The SMILES string of the molecule is CO[C@@H]1[C@H](O)[C@@H](CO)O[C@@]1(C)n1cnc2c(=O)[nH]c(N)nc21. The highest BCUT2D eigenvalue weighted by Gasteiger charge is 2.54. The number of hydrogen-bond acceptors (Lipinski definition) is 8. The number of anilines is 1. The minimum Gasteiger partial charge on any atom is -0.394 e. The highest BCUT2D eigenvalue weighted by molar-refractivity contribution is 5.70. The average molecular weight is 311 g/mol. The maximum Gasteiger partial charge on any atom is 0.280 e. The van der Waals surface area contributed by atoms with Gasteiger partial charge in [0.15, 0.2) is 16.9 Å². The topological polar surface area (TPSA) is 149 Å². The molecule has 1 saturated heterocycles. The Labute approximate surface area is 124 Å². The van der Waals surface area contributed by atoms with E-state index in [1.807, 2.05) is 0 Å². The smallest absolute Gasteiger partial charge is 0.280 e. The molecule has 0 radical (unpaired) electrons. The van der Waals surface area contributed by atoms with E-state index in [-0.39, 0.29) is 23.7 Å². The fourth-order valence-electron chi connectivity index (χ4n) is 2.90. The van der Waals surface area contributed by atoms with E-state index in [9.17, 15) is 15.0 Å². The Morgan fingerprint density at radius 2 is 2.36 bits per heavy atom. The summed E-state index contributed by atoms with van der Waals surface area (Å²) >= 11 is 0. The van der Waals surface area contributed by atoms with Crippen LogP contribution in [0.25, 0.3) is 11.2 Å². The molecule has 10 nitrogen and oxygen atoms in total. The minimum absolute atomic E-state index is 0.0610. The summed E-state index contributed by atoms with van der Waals surface area (Å²) in [4.78, 5) is 22.3. The summed E-state index contributed by atoms with van der Waals surface area (Å²) < 4.78 is 12.5. The van der Waals surface area contributed by atoms with Gasteiger partial charge in [-0.25, -0.2) is 4.98 Å². The van der Waals surface area contributed by atoms with E-state index in [0.29, 0.717) is 0 Å². The monoisotopic (exact) mass is 311 g/mol. The van der Waals surface area contributed by atoms with Crippen molar-refractivity contribution in [1.82, 2.24) is 19.5 Å². The Bertz CT molecular complexity index is 758. The molecule has 0 aromatic carbocycles. The van der Waals surface area contributed by atoms with Gasteiger partial charge < -0.3 is 25.4 Å². The van der Waals surface area contributed by atoms with E-state index < -0.39 is 29.6 Å². The Kier molecular flexibility index (Phi) is 3.40. The number of hydrogen-bond donors (Lipinski definition) is 4. The molecule has 2 aromatic heterocycles. The zero-order valence-corrected chi connectivity index (χ0v) is 12.1. The van der Waals surface area contributed by atoms with Crippen molar-refractivity contribution in [2.75, 3.05) is 19.5 Å². The van der Waals surface area contributed by atoms with Gasteiger partial charge in [-0.1, -0.05) is 0 Å². The third-order valence-electron chi connectivity index (χ3n) is 3.95. The second kappa shape index (κ2) is 5.02. The lowest BCUT2D eigenvalue weighted by Crippen LogP contribution is -2.44. The first-order valence-corrected chi connectivity index (χ1v) is 6.65. The summed E-state index contributed by atoms with van der Waals surface area (Å²) in [6.45, 7) is 1.28. The van der Waals surface area contributed by atoms with Gasteiger partial charge in [0, 0.05) is 7.11 Å². The van der Waals surface area contributed by atoms with Crippen molar-refractivity contribution < 1.29 is 19.7 Å². The van der Waals surface area contributed by atoms with Gasteiger partial charge in [0.1, 0.15) is 18.3 Å². The lowest BCUT2D eigenvalue weighted by Gasteiger charge is -2.31. The van der Waals surface area contributed by atoms with Gasteiger partial charge in [0.25, 0.3) is 5.56 Å². The Morgan fingerprint density at radius 3 is 3.00 bits per heavy atom. The molecule has 2 aromatic rings. The molecule has 1 fully saturated rings. The first kappa shape index (κ1) is 14.9. The summed E-state index contributed by atoms with van der Waals surface area (Å²) in [6, 6.07) is 0. The molecule has 1 aliphatic rings. The molecule has 3 heterocycles. The number of fused-ring (bicyclic) bond motifs is 1. The molecule has 22 heavy (non-hydrogen) atoms. The van der Waals surface area contributed by atoms with Gasteiger partial charge in [0.05, 0.1) is 12.9 Å². The number of ether oxygens (including phenoxy) is 2. The van der Waals surface area contributed by atoms with E-state index in [2.05, 4.69) is 15.0 Å². The first-order chi connectivity index (χ1) is 10.4. The van der Waals surface area contributed by atoms with Crippen LogP contribution in [0, 0.1) is 0 Å². The molecule has 0 aliphatic carbocycles. The van der Waals surface area contributed by atoms with Gasteiger partial charge in [0.2, 0.25) is 5.95 Å². The lowest BCUT2D eigenvalue weighted by molar-refractivity contribution is -0.140. The number of methoxy groups -OCH3 is 1. The number of aliphatic hydroxyl groups excluding tert-OH is 2. The van der Waals surface area contributed by atoms with Crippen LogP contribution in [-0.4, -0.2) is 61.8 Å². The van der Waals surface area contributed by atoms with Crippen LogP contribution >= 0.6 is 0 Å². The van der Waals surface area contributed by atoms with Crippen LogP contribution in [0.15, 0.2) is 11.1 Å². The zero-order valence-electron chi connectivity index (χ0n) is 12.1. The minimum atomic E-state index is -1.20. The van der Waals surface area contributed by atoms with Gasteiger partial charge in [-0.3, -0.25) is 14.3 Å². The number of aromatic amines is 1. The van der Waals surface area contributed by atoms with Gasteiger partial charge >= 0.3 is 0 Å². The maximum absolute atomic E-state index is 11.9. The molecule has 4 atom stereocenters. The molecular weight excluding hydrogens is 294 g/mol. The summed E-state index contributed by atoms with van der Waals surface area (Å²) in [7, 11) is 1.42. The van der Waals surface area contributed by atoms with Crippen molar-refractivity contribution >= 4 is 17.1 Å². The number of H-pyrrole nitrogens is 1. The Balaban J connectivity index is 2.19. The lowest BCUT2D eigenvalue weighted by atomic mass is 10.0. The predicted molar refractivity (Wildman–Crippen MR) is 75.0 cm³/mol. The Hall–Kier alpha value is -2.01. The maximum atomic E-state index is 11.9. The highest BCUT2D eigenvalue weighted by Crippen LogP contribution is 2.38. The standard InChI is InChI=1S/C12H17N5O5/c1-12(8(21-2)7(19)5(3-18)22-12)17-4-14-6-9(17)15-11(13)16-10(6)20/h4-5,7-8,18-19H,3H2,1-2H3,(H3,13,15,16,20)/t5-,7-,8-,12-/m1/s1. The molecule has 3 rings (SSSR count). The van der Waals surface area contributed by atoms with Crippen molar-refractivity contribution in [3.63, 3.8) is 0 Å². The third-order valence-corrected chi connectivity index (χ3v) is 3.95. The van der Waals surface area contributed by atoms with Crippen LogP contribution in [0.1, 0.15) is 6.92 Å². The quantitative estimate of drug-likeness (QED) is 0.516. The highest BCUT2D eigenvalue weighted by atomic mass is 16.6. The van der Waals surface area contributed by atoms with Crippen LogP contribution in [0.4, 0.5) is 5.95 Å². The van der Waals surface area contributed by atoms with Crippen LogP contribution in [0.2, 0.25) is 0 Å². The van der Waals surface area contributed by atoms with E-state index in [1.54, 1.807) is 6.92 Å². The number of aromatic nitrogens is 4. The van der Waals surface area contributed by atoms with Crippen molar-refractivity contribution in [1.29, 1.82) is 0 Å². The van der Waals surface area contributed by atoms with E-state index in [4.69, 9.17) is 15.2 Å². The van der Waals surface area contributed by atoms with Crippen LogP contribution in [-0.2, 0) is 15.2 Å². The van der Waals surface area contributed by atoms with Crippen molar-refractivity contribution in [2.45, 2.75) is 31.0 Å². The number of imidazole rings is 1. The summed E-state index contributed by atoms with van der Waals surface area (Å²) in [6.07, 6.45) is -1.29. The van der Waals surface area contributed by atoms with E-state index >= 15 is 0 Å². The largest absolute Gasteiger partial charge is 0.394 e. The van der Waals surface area contributed by atoms with Crippen molar-refractivity contribution in [2.24, 2.45) is 0 Å². The number of nitrogen functional groups attached to an aromatic ring is 1. The fourth-order valence-corrected chi connectivity index (χ4v) is 2.90. The second-order valence-corrected chi connectivity index (χ2v) is 5.28. The molecule has 0 bridgehead atoms. The van der Waals surface area contributed by atoms with Gasteiger partial charge in [-0.15, -0.1) is 0 Å². The number of nitrogens with one attached hydrogen (secondary N) is 1. The second-order valence-electron chi connectivity index (χ2n) is 5.28. The molecule has 10 heteroatoms. The number of nitrogens with zero attached hydrogens (tertiary/aromatic N) is 3. The molecular formula is C12H17N5O5. The van der Waals surface area contributed by atoms with Crippen molar-refractivity contribution in [3.8, 4) is 0 Å². The number of aliphatic hydroxyl groups is 2. The van der Waals surface area contributed by atoms with Crippen LogP contribution < -0.4 is 11.3 Å². The van der Waals surface area contributed by atoms with Gasteiger partial charge in [-0.05, 0) is 6.92 Å². The molecule has 0 unspecified atom stereocenters. The average Bonchev–Trinajstić information content (AvgIpc) is 2.99. The molecule has 5 N–H and O–H groups in total. The molecule has 120 valence electrons. The summed E-state index contributed by atoms with van der Waals surface area (Å²) in [5.74, 6) is -0.0610. The normalized spacial score (nSPS) is 31.9. The van der Waals surface area contributed by atoms with Gasteiger partial charge in [-0.2, -0.15) is 4.98 Å². The van der Waals surface area contributed by atoms with Crippen molar-refractivity contribution in [3.05, 3.63) is 16.7 Å². The molecule has 1 aliphatic heterocycles. The predicted octanol–water partition coefficient (Wildman–Crippen LogP) is -1.86. The summed E-state index contributed by atoms with van der Waals surface area (Å²) in [5, 5.41) is 19.5. The van der Waals surface area contributed by atoms with Crippen LogP contribution in [0.5, 0.6) is 0 Å². The number of rotatable bonds is 3. The fraction of sp³-hybridized carbons (Fsp3) is 0.583. The third kappa shape index (κ3) is 1.92. The van der Waals surface area contributed by atoms with E-state index in [1.165, 1.54) is 18.0 Å². The zero-order chi connectivity index (χ0) is 16.1. The van der Waals surface area contributed by atoms with Crippen LogP contribution in [0.3, 0.4) is 0 Å². The molecule has 0 amide bonds. The summed E-state index contributed by atoms with van der Waals surface area (Å²) in [5.41, 5.74) is 4.19. The van der Waals surface area contributed by atoms with E-state index in [0.717, 1.165) is 0 Å².